The van der Waals surface area contributed by atoms with Gasteiger partial charge in [-0.15, -0.1) is 0 Å². The molecule has 2 nitrogen and oxygen atoms in total. The molecule has 0 bridgehead atoms. The van der Waals surface area contributed by atoms with Crippen LogP contribution in [0.15, 0.2) is 24.4 Å². The summed E-state index contributed by atoms with van der Waals surface area (Å²) in [6, 6.07) is 4.12. The predicted molar refractivity (Wildman–Crippen MR) is 59.5 cm³/mol. The van der Waals surface area contributed by atoms with Gasteiger partial charge in [0.05, 0.1) is 11.9 Å². The number of halogens is 2. The number of aromatic amines is 1. The summed E-state index contributed by atoms with van der Waals surface area (Å²) in [4.78, 5) is 6.28. The molecule has 16 heavy (non-hydrogen) atoms. The van der Waals surface area contributed by atoms with E-state index in [1.807, 2.05) is 0 Å². The number of nitrogens with zero attached hydrogens (tertiary/aromatic N) is 1. The maximum Gasteiger partial charge on any atom is 0.197 e. The average Bonchev–Trinajstić information content (AvgIpc) is 2.22. The molecule has 0 aliphatic rings. The molecule has 0 fully saturated rings. The zero-order valence-corrected chi connectivity index (χ0v) is 9.24. The largest absolute Gasteiger partial charge is 0.328 e. The average molecular weight is 238 g/mol. The summed E-state index contributed by atoms with van der Waals surface area (Å²) in [5.74, 6) is -0.863. The van der Waals surface area contributed by atoms with E-state index < -0.39 is 5.82 Å². The smallest absolute Gasteiger partial charge is 0.197 e. The highest BCUT2D eigenvalue weighted by Crippen LogP contribution is 2.23. The van der Waals surface area contributed by atoms with Gasteiger partial charge < -0.3 is 4.98 Å². The van der Waals surface area contributed by atoms with E-state index in [1.54, 1.807) is 6.92 Å². The quantitative estimate of drug-likeness (QED) is 0.771. The Labute approximate surface area is 96.0 Å². The van der Waals surface area contributed by atoms with E-state index >= 15 is 0 Å². The van der Waals surface area contributed by atoms with Gasteiger partial charge in [-0.2, -0.15) is 0 Å². The summed E-state index contributed by atoms with van der Waals surface area (Å²) >= 11 is 4.82. The van der Waals surface area contributed by atoms with Crippen LogP contribution in [0.1, 0.15) is 5.56 Å². The molecular weight excluding hydrogens is 230 g/mol. The zero-order chi connectivity index (χ0) is 11.7. The molecule has 0 saturated carbocycles. The lowest BCUT2D eigenvalue weighted by molar-refractivity contribution is 0.615. The van der Waals surface area contributed by atoms with Crippen molar-refractivity contribution in [3.63, 3.8) is 0 Å². The van der Waals surface area contributed by atoms with Crippen LogP contribution in [0.3, 0.4) is 0 Å². The van der Waals surface area contributed by atoms with E-state index in [0.29, 0.717) is 11.1 Å². The Balaban J connectivity index is 2.67. The fraction of sp³-hybridized carbons (Fsp3) is 0.0909. The number of aromatic nitrogens is 2. The lowest BCUT2D eigenvalue weighted by atomic mass is 10.1. The van der Waals surface area contributed by atoms with Crippen LogP contribution < -0.4 is 0 Å². The molecule has 1 aromatic carbocycles. The van der Waals surface area contributed by atoms with Gasteiger partial charge in [-0.3, -0.25) is 0 Å². The van der Waals surface area contributed by atoms with Crippen LogP contribution in [0, 0.1) is 23.3 Å². The number of nitrogens with one attached hydrogen (secondary N) is 1. The highest BCUT2D eigenvalue weighted by molar-refractivity contribution is 7.71. The van der Waals surface area contributed by atoms with Crippen molar-refractivity contribution in [2.24, 2.45) is 0 Å². The first kappa shape index (κ1) is 10.9. The Morgan fingerprint density at radius 2 is 2.06 bits per heavy atom. The van der Waals surface area contributed by atoms with Gasteiger partial charge in [0.15, 0.2) is 10.6 Å². The first-order chi connectivity index (χ1) is 7.58. The lowest BCUT2D eigenvalue weighted by Crippen LogP contribution is -1.94. The fourth-order valence-corrected chi connectivity index (χ4v) is 1.64. The van der Waals surface area contributed by atoms with Gasteiger partial charge in [0.1, 0.15) is 5.82 Å². The van der Waals surface area contributed by atoms with Crippen molar-refractivity contribution >= 4 is 12.2 Å². The number of hydrogen-bond acceptors (Lipinski definition) is 2. The van der Waals surface area contributed by atoms with Crippen molar-refractivity contribution in [1.29, 1.82) is 0 Å². The molecule has 1 aromatic heterocycles. The number of rotatable bonds is 1. The minimum Gasteiger partial charge on any atom is -0.328 e. The second kappa shape index (κ2) is 4.09. The number of benzene rings is 1. The molecule has 0 aliphatic heterocycles. The summed E-state index contributed by atoms with van der Waals surface area (Å²) in [7, 11) is 0. The standard InChI is InChI=1S/C11H8F2N2S/c1-6-4-7(12)2-3-8(6)10-9(13)5-14-11(16)15-10/h2-5H,1H3,(H,14,15,16). The second-order valence-electron chi connectivity index (χ2n) is 3.37. The summed E-state index contributed by atoms with van der Waals surface area (Å²) < 4.78 is 26.6. The molecule has 82 valence electrons. The molecule has 0 saturated heterocycles. The van der Waals surface area contributed by atoms with Gasteiger partial charge in [-0.05, 0) is 42.9 Å². The van der Waals surface area contributed by atoms with Crippen molar-refractivity contribution in [3.05, 3.63) is 46.4 Å². The molecule has 2 rings (SSSR count). The fourth-order valence-electron chi connectivity index (χ4n) is 1.48. The van der Waals surface area contributed by atoms with Gasteiger partial charge >= 0.3 is 0 Å². The predicted octanol–water partition coefficient (Wildman–Crippen LogP) is 3.39. The minimum atomic E-state index is -0.511. The summed E-state index contributed by atoms with van der Waals surface area (Å²) in [6.45, 7) is 1.70. The van der Waals surface area contributed by atoms with E-state index in [2.05, 4.69) is 9.97 Å². The molecule has 0 radical (unpaired) electrons. The van der Waals surface area contributed by atoms with Gasteiger partial charge in [-0.1, -0.05) is 0 Å². The second-order valence-corrected chi connectivity index (χ2v) is 3.76. The van der Waals surface area contributed by atoms with Crippen molar-refractivity contribution in [1.82, 2.24) is 9.97 Å². The number of hydrogen-bond donors (Lipinski definition) is 1. The third-order valence-electron chi connectivity index (χ3n) is 2.22. The summed E-state index contributed by atoms with van der Waals surface area (Å²) in [6.07, 6.45) is 1.05. The molecule has 0 aliphatic carbocycles. The Morgan fingerprint density at radius 3 is 2.75 bits per heavy atom. The van der Waals surface area contributed by atoms with Crippen molar-refractivity contribution in [3.8, 4) is 11.3 Å². The first-order valence-corrected chi connectivity index (χ1v) is 5.00. The van der Waals surface area contributed by atoms with Crippen molar-refractivity contribution in [2.45, 2.75) is 6.92 Å². The lowest BCUT2D eigenvalue weighted by Gasteiger charge is -2.06. The molecule has 0 atom stereocenters. The van der Waals surface area contributed by atoms with Crippen LogP contribution in [0.4, 0.5) is 8.78 Å². The molecule has 0 amide bonds. The van der Waals surface area contributed by atoms with Crippen molar-refractivity contribution < 1.29 is 8.78 Å². The molecule has 1 N–H and O–H groups in total. The van der Waals surface area contributed by atoms with Crippen LogP contribution in [0.2, 0.25) is 0 Å². The van der Waals surface area contributed by atoms with Gasteiger partial charge in [0.2, 0.25) is 0 Å². The summed E-state index contributed by atoms with van der Waals surface area (Å²) in [5.41, 5.74) is 1.45. The molecule has 0 spiro atoms. The molecule has 2 aromatic rings. The molecule has 1 heterocycles. The van der Waals surface area contributed by atoms with E-state index in [-0.39, 0.29) is 16.3 Å². The molecule has 5 heteroatoms. The molecule has 0 unspecified atom stereocenters. The Kier molecular flexibility index (Phi) is 2.78. The Morgan fingerprint density at radius 1 is 1.31 bits per heavy atom. The van der Waals surface area contributed by atoms with E-state index in [4.69, 9.17) is 12.2 Å². The van der Waals surface area contributed by atoms with E-state index in [9.17, 15) is 8.78 Å². The van der Waals surface area contributed by atoms with Gasteiger partial charge in [-0.25, -0.2) is 13.8 Å². The topological polar surface area (TPSA) is 28.7 Å². The maximum absolute atomic E-state index is 13.5. The first-order valence-electron chi connectivity index (χ1n) is 4.59. The highest BCUT2D eigenvalue weighted by atomic mass is 32.1. The third kappa shape index (κ3) is 1.99. The zero-order valence-electron chi connectivity index (χ0n) is 8.42. The van der Waals surface area contributed by atoms with Crippen LogP contribution in [-0.2, 0) is 0 Å². The van der Waals surface area contributed by atoms with Crippen LogP contribution in [0.25, 0.3) is 11.3 Å². The van der Waals surface area contributed by atoms with Crippen LogP contribution >= 0.6 is 12.2 Å². The van der Waals surface area contributed by atoms with Gasteiger partial charge in [0.25, 0.3) is 0 Å². The number of aryl methyl sites for hydroxylation is 1. The van der Waals surface area contributed by atoms with Crippen molar-refractivity contribution in [2.75, 3.05) is 0 Å². The Hall–Kier alpha value is -1.62. The van der Waals surface area contributed by atoms with Crippen LogP contribution in [-0.4, -0.2) is 9.97 Å². The SMILES string of the molecule is Cc1cc(F)ccc1-c1[nH]c(=S)ncc1F. The molecular formula is C11H8F2N2S. The number of H-pyrrole nitrogens is 1. The minimum absolute atomic E-state index is 0.195. The van der Waals surface area contributed by atoms with E-state index in [1.165, 1.54) is 18.2 Å². The summed E-state index contributed by atoms with van der Waals surface area (Å²) in [5, 5.41) is 0. The Bertz CT molecular complexity index is 593. The monoisotopic (exact) mass is 238 g/mol. The van der Waals surface area contributed by atoms with E-state index in [0.717, 1.165) is 6.20 Å². The normalized spacial score (nSPS) is 10.4. The highest BCUT2D eigenvalue weighted by Gasteiger charge is 2.09. The van der Waals surface area contributed by atoms with Crippen LogP contribution in [0.5, 0.6) is 0 Å². The maximum atomic E-state index is 13.5. The van der Waals surface area contributed by atoms with Gasteiger partial charge in [0, 0.05) is 5.56 Å². The third-order valence-corrected chi connectivity index (χ3v) is 2.43.